The van der Waals surface area contributed by atoms with Crippen LogP contribution in [0, 0.1) is 5.82 Å². The van der Waals surface area contributed by atoms with Gasteiger partial charge in [-0.15, -0.1) is 0 Å². The third kappa shape index (κ3) is 3.49. The number of carbonyl (C=O) groups is 1. The highest BCUT2D eigenvalue weighted by Crippen LogP contribution is 2.16. The summed E-state index contributed by atoms with van der Waals surface area (Å²) in [6.07, 6.45) is -0.631. The first-order valence-electron chi connectivity index (χ1n) is 4.42. The molecule has 0 saturated heterocycles. The maximum atomic E-state index is 12.7. The standard InChI is InChI=1S/C10H11ClFNO2/c1-6(14)5-13-10(15)8-3-2-7(12)4-9(8)11/h2-4,6,14H,5H2,1H3,(H,13,15)/t6-/m0/s1. The second-order valence-electron chi connectivity index (χ2n) is 3.18. The Balaban J connectivity index is 2.74. The fourth-order valence-corrected chi connectivity index (χ4v) is 1.26. The Bertz CT molecular complexity index is 368. The summed E-state index contributed by atoms with van der Waals surface area (Å²) >= 11 is 5.68. The van der Waals surface area contributed by atoms with Crippen LogP contribution in [0.4, 0.5) is 4.39 Å². The van der Waals surface area contributed by atoms with E-state index in [0.29, 0.717) is 0 Å². The van der Waals surface area contributed by atoms with Gasteiger partial charge in [0.05, 0.1) is 16.7 Å². The van der Waals surface area contributed by atoms with E-state index in [1.54, 1.807) is 6.92 Å². The van der Waals surface area contributed by atoms with Crippen LogP contribution in [0.2, 0.25) is 5.02 Å². The molecule has 5 heteroatoms. The fourth-order valence-electron chi connectivity index (χ4n) is 1.01. The molecule has 0 saturated carbocycles. The van der Waals surface area contributed by atoms with E-state index in [9.17, 15) is 9.18 Å². The highest BCUT2D eigenvalue weighted by atomic mass is 35.5. The van der Waals surface area contributed by atoms with Crippen LogP contribution >= 0.6 is 11.6 Å². The minimum absolute atomic E-state index is 0.0538. The summed E-state index contributed by atoms with van der Waals surface area (Å²) in [6.45, 7) is 1.68. The van der Waals surface area contributed by atoms with E-state index >= 15 is 0 Å². The zero-order valence-electron chi connectivity index (χ0n) is 8.13. The first kappa shape index (κ1) is 11.9. The van der Waals surface area contributed by atoms with Gasteiger partial charge >= 0.3 is 0 Å². The van der Waals surface area contributed by atoms with Crippen LogP contribution in [-0.4, -0.2) is 23.7 Å². The minimum atomic E-state index is -0.631. The lowest BCUT2D eigenvalue weighted by Crippen LogP contribution is -2.30. The van der Waals surface area contributed by atoms with Gasteiger partial charge in [-0.25, -0.2) is 4.39 Å². The molecule has 0 radical (unpaired) electrons. The van der Waals surface area contributed by atoms with Crippen molar-refractivity contribution in [2.45, 2.75) is 13.0 Å². The lowest BCUT2D eigenvalue weighted by Gasteiger charge is -2.08. The van der Waals surface area contributed by atoms with Crippen molar-refractivity contribution in [3.05, 3.63) is 34.6 Å². The van der Waals surface area contributed by atoms with Crippen LogP contribution in [0.25, 0.3) is 0 Å². The third-order valence-corrected chi connectivity index (χ3v) is 2.05. The zero-order valence-corrected chi connectivity index (χ0v) is 8.88. The molecule has 0 fully saturated rings. The predicted molar refractivity (Wildman–Crippen MR) is 55.4 cm³/mol. The molecule has 0 aliphatic rings. The normalized spacial score (nSPS) is 12.3. The molecule has 1 atom stereocenters. The van der Waals surface area contributed by atoms with Crippen LogP contribution in [0.15, 0.2) is 18.2 Å². The molecule has 1 aromatic rings. The number of rotatable bonds is 3. The molecule has 15 heavy (non-hydrogen) atoms. The van der Waals surface area contributed by atoms with Gasteiger partial charge in [0.25, 0.3) is 5.91 Å². The quantitative estimate of drug-likeness (QED) is 0.830. The van der Waals surface area contributed by atoms with E-state index in [1.807, 2.05) is 0 Å². The number of aliphatic hydroxyl groups is 1. The lowest BCUT2D eigenvalue weighted by atomic mass is 10.2. The highest BCUT2D eigenvalue weighted by Gasteiger charge is 2.10. The summed E-state index contributed by atoms with van der Waals surface area (Å²) in [7, 11) is 0. The average Bonchev–Trinajstić information content (AvgIpc) is 2.14. The van der Waals surface area contributed by atoms with Gasteiger partial charge in [0.2, 0.25) is 0 Å². The van der Waals surface area contributed by atoms with E-state index in [0.717, 1.165) is 12.1 Å². The monoisotopic (exact) mass is 231 g/mol. The molecule has 2 N–H and O–H groups in total. The van der Waals surface area contributed by atoms with Crippen molar-refractivity contribution in [1.82, 2.24) is 5.32 Å². The van der Waals surface area contributed by atoms with Crippen molar-refractivity contribution in [1.29, 1.82) is 0 Å². The number of benzene rings is 1. The van der Waals surface area contributed by atoms with Crippen LogP contribution in [0.5, 0.6) is 0 Å². The third-order valence-electron chi connectivity index (χ3n) is 1.73. The molecule has 0 aliphatic carbocycles. The van der Waals surface area contributed by atoms with Crippen LogP contribution in [0.1, 0.15) is 17.3 Å². The van der Waals surface area contributed by atoms with Crippen molar-refractivity contribution in [2.75, 3.05) is 6.54 Å². The van der Waals surface area contributed by atoms with Gasteiger partial charge in [0, 0.05) is 6.54 Å². The molecular formula is C10H11ClFNO2. The number of amides is 1. The molecule has 1 aromatic carbocycles. The minimum Gasteiger partial charge on any atom is -0.392 e. The van der Waals surface area contributed by atoms with Crippen LogP contribution in [-0.2, 0) is 0 Å². The second-order valence-corrected chi connectivity index (χ2v) is 3.59. The van der Waals surface area contributed by atoms with E-state index < -0.39 is 17.8 Å². The maximum absolute atomic E-state index is 12.7. The maximum Gasteiger partial charge on any atom is 0.252 e. The molecule has 0 bridgehead atoms. The lowest BCUT2D eigenvalue weighted by molar-refractivity contribution is 0.0924. The smallest absolute Gasteiger partial charge is 0.252 e. The Morgan fingerprint density at radius 3 is 2.87 bits per heavy atom. The van der Waals surface area contributed by atoms with E-state index in [4.69, 9.17) is 16.7 Å². The summed E-state index contributed by atoms with van der Waals surface area (Å²) < 4.78 is 12.7. The molecule has 0 unspecified atom stereocenters. The molecule has 1 amide bonds. The Hall–Kier alpha value is -1.13. The van der Waals surface area contributed by atoms with Gasteiger partial charge in [-0.3, -0.25) is 4.79 Å². The Morgan fingerprint density at radius 2 is 2.33 bits per heavy atom. The molecule has 0 aliphatic heterocycles. The number of nitrogens with one attached hydrogen (secondary N) is 1. The van der Waals surface area contributed by atoms with Gasteiger partial charge in [0.1, 0.15) is 5.82 Å². The topological polar surface area (TPSA) is 49.3 Å². The van der Waals surface area contributed by atoms with Crippen LogP contribution in [0.3, 0.4) is 0 Å². The Kier molecular flexibility index (Phi) is 4.05. The van der Waals surface area contributed by atoms with Crippen molar-refractivity contribution in [3.63, 3.8) is 0 Å². The summed E-state index contributed by atoms with van der Waals surface area (Å²) in [5, 5.41) is 11.5. The largest absolute Gasteiger partial charge is 0.392 e. The number of aliphatic hydroxyl groups excluding tert-OH is 1. The molecule has 0 spiro atoms. The van der Waals surface area contributed by atoms with Gasteiger partial charge < -0.3 is 10.4 Å². The van der Waals surface area contributed by atoms with Crippen molar-refractivity contribution < 1.29 is 14.3 Å². The second kappa shape index (κ2) is 5.09. The average molecular weight is 232 g/mol. The molecule has 3 nitrogen and oxygen atoms in total. The predicted octanol–water partition coefficient (Wildman–Crippen LogP) is 1.59. The first-order chi connectivity index (χ1) is 7.00. The van der Waals surface area contributed by atoms with Crippen molar-refractivity contribution in [3.8, 4) is 0 Å². The summed E-state index contributed by atoms with van der Waals surface area (Å²) in [4.78, 5) is 11.5. The number of carbonyl (C=O) groups excluding carboxylic acids is 1. The van der Waals surface area contributed by atoms with E-state index in [2.05, 4.69) is 5.32 Å². The summed E-state index contributed by atoms with van der Waals surface area (Å²) in [5.74, 6) is -0.923. The van der Waals surface area contributed by atoms with Crippen molar-refractivity contribution in [2.24, 2.45) is 0 Å². The Labute approximate surface area is 91.9 Å². The fraction of sp³-hybridized carbons (Fsp3) is 0.300. The molecule has 0 aromatic heterocycles. The number of halogens is 2. The highest BCUT2D eigenvalue weighted by molar-refractivity contribution is 6.33. The summed E-state index contributed by atoms with van der Waals surface area (Å²) in [6, 6.07) is 3.52. The Morgan fingerprint density at radius 1 is 1.67 bits per heavy atom. The number of hydrogen-bond donors (Lipinski definition) is 2. The van der Waals surface area contributed by atoms with Crippen molar-refractivity contribution >= 4 is 17.5 Å². The van der Waals surface area contributed by atoms with Crippen LogP contribution < -0.4 is 5.32 Å². The first-order valence-corrected chi connectivity index (χ1v) is 4.80. The number of hydrogen-bond acceptors (Lipinski definition) is 2. The van der Waals surface area contributed by atoms with E-state index in [1.165, 1.54) is 6.07 Å². The zero-order chi connectivity index (χ0) is 11.4. The van der Waals surface area contributed by atoms with Gasteiger partial charge in [0.15, 0.2) is 0 Å². The SMILES string of the molecule is C[C@H](O)CNC(=O)c1ccc(F)cc1Cl. The van der Waals surface area contributed by atoms with E-state index in [-0.39, 0.29) is 17.1 Å². The molecular weight excluding hydrogens is 221 g/mol. The molecule has 82 valence electrons. The van der Waals surface area contributed by atoms with Gasteiger partial charge in [-0.1, -0.05) is 11.6 Å². The molecule has 0 heterocycles. The van der Waals surface area contributed by atoms with Gasteiger partial charge in [-0.2, -0.15) is 0 Å². The van der Waals surface area contributed by atoms with Gasteiger partial charge in [-0.05, 0) is 25.1 Å². The summed E-state index contributed by atoms with van der Waals surface area (Å²) in [5.41, 5.74) is 0.193. The molecule has 1 rings (SSSR count).